The molecule has 1 aromatic carbocycles. The summed E-state index contributed by atoms with van der Waals surface area (Å²) in [7, 11) is 1.48. The second kappa shape index (κ2) is 16.7. The van der Waals surface area contributed by atoms with Gasteiger partial charge in [0.05, 0.1) is 31.3 Å². The second-order valence-electron chi connectivity index (χ2n) is 14.6. The minimum atomic E-state index is -0.797. The molecule has 12 heteroatoms. The summed E-state index contributed by atoms with van der Waals surface area (Å²) in [4.78, 5) is 49.0. The maximum atomic E-state index is 13.6. The van der Waals surface area contributed by atoms with Crippen LogP contribution < -0.4 is 24.7 Å². The van der Waals surface area contributed by atoms with Crippen LogP contribution >= 0.6 is 10.7 Å². The number of ether oxygens (including phenoxy) is 3. The highest BCUT2D eigenvalue weighted by Crippen LogP contribution is 2.51. The average molecular weight is 722 g/mol. The number of methoxy groups -OCH3 is 1. The number of aliphatic imine (C=N–C) groups is 1. The van der Waals surface area contributed by atoms with Crippen LogP contribution in [0.3, 0.4) is 0 Å². The molecular weight excluding hydrogens is 667 g/mol. The van der Waals surface area contributed by atoms with Crippen LogP contribution in [0.25, 0.3) is 10.9 Å². The molecule has 0 radical (unpaired) electrons. The van der Waals surface area contributed by atoms with Crippen molar-refractivity contribution in [2.24, 2.45) is 22.6 Å². The number of benzene rings is 1. The Morgan fingerprint density at radius 2 is 1.96 bits per heavy atom. The molecule has 11 nitrogen and oxygen atoms in total. The van der Waals surface area contributed by atoms with Crippen molar-refractivity contribution in [3.8, 4) is 17.4 Å². The molecule has 6 atom stereocenters. The standard InChI is InChI=1S/C39H55N5O6S/c1-8-51(39(5)18-19-39)43-36(45)29-20-26(29)14-12-10-9-11-13-15-30(40)38(47)44-23-27(21-31(44)37(46)41-6)50-33-22-34(49-24(2)3)42-35-25(4)32(48-7)17-16-28(33)35/h8,12,14,16-17,22,24,26-27,29-31H,6,9-11,13,15,18-21,23,40H2,1-5,7H3,(H,43,45)/b14-12-/t26?,27-,29+,30+,31+,51?/m1/s1. The maximum absolute atomic E-state index is 13.6. The lowest BCUT2D eigenvalue weighted by Gasteiger charge is -2.25. The van der Waals surface area contributed by atoms with Gasteiger partial charge in [0.2, 0.25) is 17.7 Å². The lowest BCUT2D eigenvalue weighted by molar-refractivity contribution is -0.138. The highest BCUT2D eigenvalue weighted by atomic mass is 32.2. The van der Waals surface area contributed by atoms with E-state index in [1.54, 1.807) is 13.2 Å². The maximum Gasteiger partial charge on any atom is 0.267 e. The monoisotopic (exact) mass is 721 g/mol. The van der Waals surface area contributed by atoms with E-state index in [1.807, 2.05) is 39.8 Å². The van der Waals surface area contributed by atoms with Gasteiger partial charge in [-0.05, 0) is 103 Å². The molecule has 1 aromatic heterocycles. The number of aryl methyl sites for hydroxylation is 1. The molecule has 2 unspecified atom stereocenters. The van der Waals surface area contributed by atoms with Crippen molar-refractivity contribution >= 4 is 51.4 Å². The van der Waals surface area contributed by atoms with Gasteiger partial charge in [-0.15, -0.1) is 0 Å². The fourth-order valence-electron chi connectivity index (χ4n) is 6.81. The molecule has 51 heavy (non-hydrogen) atoms. The Kier molecular flexibility index (Phi) is 12.6. The Morgan fingerprint density at radius 3 is 2.63 bits per heavy atom. The Hall–Kier alpha value is -3.77. The molecule has 2 saturated carbocycles. The number of hydrogen-bond donors (Lipinski definition) is 2. The number of unbranched alkanes of at least 4 members (excludes halogenated alkanes) is 3. The summed E-state index contributed by atoms with van der Waals surface area (Å²) in [5, 5.41) is 2.92. The number of carbonyl (C=O) groups is 3. The second-order valence-corrected chi connectivity index (χ2v) is 16.9. The first kappa shape index (κ1) is 38.5. The van der Waals surface area contributed by atoms with Gasteiger partial charge < -0.3 is 29.6 Å². The van der Waals surface area contributed by atoms with Crippen LogP contribution in [0.2, 0.25) is 0 Å². The fraction of sp³-hybridized carbons (Fsp3) is 0.590. The van der Waals surface area contributed by atoms with Crippen molar-refractivity contribution in [1.29, 1.82) is 0 Å². The number of likely N-dealkylation sites (tertiary alicyclic amines) is 1. The van der Waals surface area contributed by atoms with E-state index < -0.39 is 24.1 Å². The van der Waals surface area contributed by atoms with Crippen LogP contribution in [0.5, 0.6) is 17.4 Å². The van der Waals surface area contributed by atoms with Crippen LogP contribution in [0.4, 0.5) is 0 Å². The van der Waals surface area contributed by atoms with Gasteiger partial charge in [0, 0.05) is 34.1 Å². The summed E-state index contributed by atoms with van der Waals surface area (Å²) in [6.45, 7) is 13.7. The number of hydrogen-bond acceptors (Lipinski definition) is 8. The topological polar surface area (TPSA) is 145 Å². The van der Waals surface area contributed by atoms with Crippen LogP contribution in [0.1, 0.15) is 91.0 Å². The number of amides is 3. The summed E-state index contributed by atoms with van der Waals surface area (Å²) in [5.74, 6) is 1.51. The molecule has 1 aliphatic heterocycles. The Morgan fingerprint density at radius 1 is 1.20 bits per heavy atom. The third-order valence-electron chi connectivity index (χ3n) is 10.2. The lowest BCUT2D eigenvalue weighted by Crippen LogP contribution is -2.48. The molecule has 0 bridgehead atoms. The number of nitrogens with one attached hydrogen (secondary N) is 1. The number of nitrogens with zero attached hydrogens (tertiary/aromatic N) is 3. The van der Waals surface area contributed by atoms with Crippen molar-refractivity contribution in [1.82, 2.24) is 14.6 Å². The molecule has 5 rings (SSSR count). The van der Waals surface area contributed by atoms with Gasteiger partial charge in [-0.25, -0.2) is 9.98 Å². The number of nitrogens with two attached hydrogens (primary N) is 1. The molecule has 2 aromatic rings. The summed E-state index contributed by atoms with van der Waals surface area (Å²) < 4.78 is 21.5. The molecule has 278 valence electrons. The van der Waals surface area contributed by atoms with Crippen molar-refractivity contribution < 1.29 is 28.6 Å². The number of allylic oxidation sites excluding steroid dienone is 2. The largest absolute Gasteiger partial charge is 0.496 e. The van der Waals surface area contributed by atoms with E-state index in [9.17, 15) is 14.4 Å². The third-order valence-corrected chi connectivity index (χ3v) is 12.5. The van der Waals surface area contributed by atoms with Gasteiger partial charge in [0.25, 0.3) is 5.91 Å². The van der Waals surface area contributed by atoms with Crippen LogP contribution in [-0.2, 0) is 14.4 Å². The third kappa shape index (κ3) is 9.37. The minimum absolute atomic E-state index is 0.0962. The lowest BCUT2D eigenvalue weighted by atomic mass is 10.1. The Balaban J connectivity index is 1.11. The quantitative estimate of drug-likeness (QED) is 0.0869. The smallest absolute Gasteiger partial charge is 0.267 e. The van der Waals surface area contributed by atoms with Crippen molar-refractivity contribution in [3.63, 3.8) is 0 Å². The number of rotatable bonds is 17. The van der Waals surface area contributed by atoms with Gasteiger partial charge in [0.15, 0.2) is 0 Å². The zero-order valence-electron chi connectivity index (χ0n) is 31.0. The van der Waals surface area contributed by atoms with Crippen LogP contribution in [0.15, 0.2) is 35.3 Å². The van der Waals surface area contributed by atoms with E-state index in [4.69, 9.17) is 24.9 Å². The molecule has 3 fully saturated rings. The first-order valence-corrected chi connectivity index (χ1v) is 19.6. The van der Waals surface area contributed by atoms with E-state index in [0.717, 1.165) is 43.1 Å². The number of aromatic nitrogens is 1. The van der Waals surface area contributed by atoms with Gasteiger partial charge in [-0.3, -0.25) is 14.4 Å². The van der Waals surface area contributed by atoms with Gasteiger partial charge in [-0.2, -0.15) is 0 Å². The van der Waals surface area contributed by atoms with Gasteiger partial charge in [0.1, 0.15) is 23.6 Å². The molecule has 0 spiro atoms. The normalized spacial score (nSPS) is 23.3. The summed E-state index contributed by atoms with van der Waals surface area (Å²) in [5.41, 5.74) is 7.95. The van der Waals surface area contributed by atoms with Crippen LogP contribution in [0, 0.1) is 18.8 Å². The van der Waals surface area contributed by atoms with Crippen LogP contribution in [-0.4, -0.2) is 82.4 Å². The molecule has 2 aliphatic carbocycles. The van der Waals surface area contributed by atoms with E-state index in [2.05, 4.69) is 40.9 Å². The Bertz CT molecular complexity index is 1690. The number of carbonyl (C=O) groups excluding carboxylic acids is 3. The Labute approximate surface area is 304 Å². The van der Waals surface area contributed by atoms with E-state index in [1.165, 1.54) is 17.7 Å². The fourth-order valence-corrected chi connectivity index (χ4v) is 8.65. The summed E-state index contributed by atoms with van der Waals surface area (Å²) in [6, 6.07) is 3.96. The van der Waals surface area contributed by atoms with Crippen molar-refractivity contribution in [2.75, 3.05) is 13.7 Å². The van der Waals surface area contributed by atoms with Gasteiger partial charge in [-0.1, -0.05) is 35.7 Å². The van der Waals surface area contributed by atoms with Crippen molar-refractivity contribution in [2.45, 2.75) is 121 Å². The molecule has 1 saturated heterocycles. The molecule has 3 aliphatic rings. The van der Waals surface area contributed by atoms with E-state index in [-0.39, 0.29) is 52.2 Å². The predicted molar refractivity (Wildman–Crippen MR) is 205 cm³/mol. The summed E-state index contributed by atoms with van der Waals surface area (Å²) in [6.07, 6.45) is 11.5. The predicted octanol–water partition coefficient (Wildman–Crippen LogP) is 6.06. The highest BCUT2D eigenvalue weighted by molar-refractivity contribution is 8.15. The molecule has 3 N–H and O–H groups in total. The SMILES string of the molecule is C=NC(=O)[C@@H]1C[C@@H](Oc2cc(OC(C)C)nc3c(C)c(OC)ccc23)CN1C(=O)[C@@H](N)CCCCC/C=C\C1C[C@@H]1C(=O)N/S(=C/C)C1(C)CC1. The number of pyridine rings is 1. The number of fused-ring (bicyclic) bond motifs is 1. The first-order valence-electron chi connectivity index (χ1n) is 18.3. The molecular formula is C39H55N5O6S. The van der Waals surface area contributed by atoms with E-state index >= 15 is 0 Å². The van der Waals surface area contributed by atoms with E-state index in [0.29, 0.717) is 35.2 Å². The minimum Gasteiger partial charge on any atom is -0.496 e. The first-order chi connectivity index (χ1) is 24.4. The van der Waals surface area contributed by atoms with Gasteiger partial charge >= 0.3 is 0 Å². The highest BCUT2D eigenvalue weighted by Gasteiger charge is 2.45. The summed E-state index contributed by atoms with van der Waals surface area (Å²) >= 11 is 0. The molecule has 3 amide bonds. The zero-order valence-corrected chi connectivity index (χ0v) is 31.8. The zero-order chi connectivity index (χ0) is 36.9. The molecule has 2 heterocycles. The van der Waals surface area contributed by atoms with Crippen molar-refractivity contribution in [3.05, 3.63) is 35.9 Å². The average Bonchev–Trinajstić information content (AvgIpc) is 4.02.